The zero-order valence-electron chi connectivity index (χ0n) is 26.3. The molecule has 0 unspecified atom stereocenters. The zero-order chi connectivity index (χ0) is 35.4. The van der Waals surface area contributed by atoms with Gasteiger partial charge in [0.15, 0.2) is 23.0 Å². The third-order valence-electron chi connectivity index (χ3n) is 7.39. The zero-order valence-corrected chi connectivity index (χ0v) is 26.3. The van der Waals surface area contributed by atoms with Gasteiger partial charge in [0.25, 0.3) is 0 Å². The summed E-state index contributed by atoms with van der Waals surface area (Å²) < 4.78 is 32.1. The second-order valence-electron chi connectivity index (χ2n) is 10.6. The molecular weight excluding hydrogens is 640 g/mol. The summed E-state index contributed by atoms with van der Waals surface area (Å²) in [5.74, 6) is 1.21. The summed E-state index contributed by atoms with van der Waals surface area (Å²) in [6.07, 6.45) is -7.07. The van der Waals surface area contributed by atoms with Crippen LogP contribution in [0.25, 0.3) is 12.2 Å². The lowest BCUT2D eigenvalue weighted by molar-refractivity contribution is -0.277. The first-order valence-corrected chi connectivity index (χ1v) is 14.9. The van der Waals surface area contributed by atoms with Gasteiger partial charge in [-0.2, -0.15) is 0 Å². The van der Waals surface area contributed by atoms with Gasteiger partial charge in [-0.25, -0.2) is 0 Å². The van der Waals surface area contributed by atoms with E-state index in [1.807, 2.05) is 0 Å². The smallest absolute Gasteiger partial charge is 0.229 e. The van der Waals surface area contributed by atoms with Crippen molar-refractivity contribution in [3.63, 3.8) is 0 Å². The molecule has 48 heavy (non-hydrogen) atoms. The Labute approximate surface area is 276 Å². The lowest BCUT2D eigenvalue weighted by Gasteiger charge is -2.39. The molecule has 10 atom stereocenters. The predicted molar refractivity (Wildman–Crippen MR) is 167 cm³/mol. The van der Waals surface area contributed by atoms with Crippen molar-refractivity contribution in [1.29, 1.82) is 0 Å². The van der Waals surface area contributed by atoms with Gasteiger partial charge in [0.05, 0.1) is 40.6 Å². The molecular formula is C32H44O16. The molecule has 0 radical (unpaired) electrons. The Morgan fingerprint density at radius 1 is 0.542 bits per heavy atom. The van der Waals surface area contributed by atoms with Crippen LogP contribution in [-0.4, -0.2) is 153 Å². The summed E-state index contributed by atoms with van der Waals surface area (Å²) in [5.41, 5.74) is 1.53. The lowest BCUT2D eigenvalue weighted by Crippen LogP contribution is -2.60. The highest BCUT2D eigenvalue weighted by Crippen LogP contribution is 2.33. The predicted octanol–water partition coefficient (Wildman–Crippen LogP) is -2.24. The van der Waals surface area contributed by atoms with Crippen LogP contribution in [0.3, 0.4) is 0 Å². The molecule has 2 fully saturated rings. The maximum Gasteiger partial charge on any atom is 0.229 e. The maximum absolute atomic E-state index is 10.00. The second-order valence-corrected chi connectivity index (χ2v) is 10.6. The van der Waals surface area contributed by atoms with Gasteiger partial charge in [-0.3, -0.25) is 0 Å². The molecule has 2 aromatic rings. The van der Waals surface area contributed by atoms with E-state index in [4.69, 9.17) is 38.6 Å². The van der Waals surface area contributed by atoms with E-state index >= 15 is 0 Å². The summed E-state index contributed by atoms with van der Waals surface area (Å²) >= 11 is 0. The Morgan fingerprint density at radius 2 is 0.917 bits per heavy atom. The number of aliphatic hydroxyl groups is 10. The number of ether oxygens (including phenoxy) is 6. The van der Waals surface area contributed by atoms with Gasteiger partial charge in [0.2, 0.25) is 12.6 Å². The highest BCUT2D eigenvalue weighted by molar-refractivity contribution is 5.56. The van der Waals surface area contributed by atoms with Crippen molar-refractivity contribution in [1.82, 2.24) is 0 Å². The van der Waals surface area contributed by atoms with Crippen LogP contribution >= 0.6 is 0 Å². The number of methoxy groups -OCH3 is 2. The fourth-order valence-corrected chi connectivity index (χ4v) is 4.73. The van der Waals surface area contributed by atoms with Gasteiger partial charge in [-0.05, 0) is 35.4 Å². The second kappa shape index (κ2) is 19.0. The Hall–Kier alpha value is -3.36. The number of benzene rings is 2. The molecule has 2 heterocycles. The minimum atomic E-state index is -1.52. The molecule has 16 heteroatoms. The summed E-state index contributed by atoms with van der Waals surface area (Å²) in [6, 6.07) is 9.88. The molecule has 16 nitrogen and oxygen atoms in total. The molecule has 2 saturated heterocycles. The topological polar surface area (TPSA) is 258 Å². The van der Waals surface area contributed by atoms with Crippen molar-refractivity contribution in [3.05, 3.63) is 59.7 Å². The van der Waals surface area contributed by atoms with Crippen LogP contribution in [0.1, 0.15) is 11.1 Å². The minimum Gasteiger partial charge on any atom is -0.493 e. The monoisotopic (exact) mass is 684 g/mol. The summed E-state index contributed by atoms with van der Waals surface area (Å²) in [6.45, 7) is -1.25. The Balaban J connectivity index is 0.000000260. The summed E-state index contributed by atoms with van der Waals surface area (Å²) in [7, 11) is 2.88. The average molecular weight is 685 g/mol. The SMILES string of the molecule is COc1cc(/C=C/CO)ccc1O[C@@H]1O[C@H](CO)[C@@H](O)[C@H](O)[C@H]1O.COc1cc(/C=C/CO)ccc1O[C@@H]1O[C@H](CO)[C@@H](O)[C@H](O)[C@H]1O. The van der Waals surface area contributed by atoms with Crippen molar-refractivity contribution >= 4 is 12.2 Å². The van der Waals surface area contributed by atoms with Gasteiger partial charge < -0.3 is 79.5 Å². The molecule has 0 aliphatic carbocycles. The molecule has 2 aromatic carbocycles. The molecule has 0 aromatic heterocycles. The van der Waals surface area contributed by atoms with Crippen molar-refractivity contribution in [3.8, 4) is 23.0 Å². The average Bonchev–Trinajstić information content (AvgIpc) is 3.11. The highest BCUT2D eigenvalue weighted by atomic mass is 16.7. The van der Waals surface area contributed by atoms with E-state index in [1.165, 1.54) is 14.2 Å². The normalized spacial score (nSPS) is 30.5. The fraction of sp³-hybridized carbons (Fsp3) is 0.500. The number of hydrogen-bond acceptors (Lipinski definition) is 16. The van der Waals surface area contributed by atoms with Crippen LogP contribution in [-0.2, 0) is 9.47 Å². The summed E-state index contributed by atoms with van der Waals surface area (Å²) in [4.78, 5) is 0. The van der Waals surface area contributed by atoms with E-state index in [-0.39, 0.29) is 24.7 Å². The van der Waals surface area contributed by atoms with Crippen molar-refractivity contribution in [2.24, 2.45) is 0 Å². The number of hydrogen-bond donors (Lipinski definition) is 10. The molecule has 0 spiro atoms. The summed E-state index contributed by atoms with van der Waals surface area (Å²) in [5, 5.41) is 95.0. The first kappa shape index (κ1) is 39.1. The van der Waals surface area contributed by atoms with E-state index < -0.39 is 74.6 Å². The minimum absolute atomic E-state index is 0.0918. The molecule has 0 amide bonds. The van der Waals surface area contributed by atoms with Crippen LogP contribution in [0.5, 0.6) is 23.0 Å². The van der Waals surface area contributed by atoms with Crippen LogP contribution in [0.15, 0.2) is 48.6 Å². The molecule has 0 bridgehead atoms. The third-order valence-corrected chi connectivity index (χ3v) is 7.39. The molecule has 2 aliphatic rings. The first-order chi connectivity index (χ1) is 23.0. The van der Waals surface area contributed by atoms with Crippen LogP contribution < -0.4 is 18.9 Å². The highest BCUT2D eigenvalue weighted by Gasteiger charge is 2.46. The van der Waals surface area contributed by atoms with Gasteiger partial charge >= 0.3 is 0 Å². The van der Waals surface area contributed by atoms with Gasteiger partial charge in [-0.1, -0.05) is 36.4 Å². The standard InChI is InChI=1S/2C16H22O8/c2*1-22-11-7-9(3-2-6-17)4-5-10(11)23-16-15(21)14(20)13(19)12(8-18)24-16/h2*2-5,7,12-21H,6,8H2,1H3/b2*3-2+/t2*12-,13-,14+,15-,16-/m11/s1. The Morgan fingerprint density at radius 3 is 1.23 bits per heavy atom. The fourth-order valence-electron chi connectivity index (χ4n) is 4.73. The van der Waals surface area contributed by atoms with E-state index in [9.17, 15) is 40.9 Å². The lowest BCUT2D eigenvalue weighted by atomic mass is 9.99. The molecule has 268 valence electrons. The van der Waals surface area contributed by atoms with Gasteiger partial charge in [0, 0.05) is 0 Å². The molecule has 0 saturated carbocycles. The van der Waals surface area contributed by atoms with Crippen molar-refractivity contribution in [2.45, 2.75) is 61.4 Å². The van der Waals surface area contributed by atoms with Crippen LogP contribution in [0.2, 0.25) is 0 Å². The van der Waals surface area contributed by atoms with Crippen LogP contribution in [0, 0.1) is 0 Å². The van der Waals surface area contributed by atoms with E-state index in [2.05, 4.69) is 0 Å². The third kappa shape index (κ3) is 9.85. The van der Waals surface area contributed by atoms with Gasteiger partial charge in [-0.15, -0.1) is 0 Å². The van der Waals surface area contributed by atoms with Crippen molar-refractivity contribution < 1.29 is 79.5 Å². The van der Waals surface area contributed by atoms with Crippen LogP contribution in [0.4, 0.5) is 0 Å². The first-order valence-electron chi connectivity index (χ1n) is 14.9. The molecule has 4 rings (SSSR count). The Bertz CT molecular complexity index is 1220. The van der Waals surface area contributed by atoms with E-state index in [0.717, 1.165) is 11.1 Å². The van der Waals surface area contributed by atoms with E-state index in [1.54, 1.807) is 60.7 Å². The number of aliphatic hydroxyl groups excluding tert-OH is 10. The quantitative estimate of drug-likeness (QED) is 0.113. The molecule has 10 N–H and O–H groups in total. The Kier molecular flexibility index (Phi) is 15.5. The van der Waals surface area contributed by atoms with Crippen molar-refractivity contribution in [2.75, 3.05) is 40.6 Å². The molecule has 2 aliphatic heterocycles. The number of rotatable bonds is 12. The largest absolute Gasteiger partial charge is 0.493 e. The maximum atomic E-state index is 10.00. The van der Waals surface area contributed by atoms with Gasteiger partial charge in [0.1, 0.15) is 48.8 Å². The van der Waals surface area contributed by atoms with E-state index in [0.29, 0.717) is 11.5 Å².